The fourth-order valence-electron chi connectivity index (χ4n) is 2.15. The van der Waals surface area contributed by atoms with Crippen LogP contribution in [0.4, 0.5) is 4.79 Å². The van der Waals surface area contributed by atoms with Gasteiger partial charge in [-0.1, -0.05) is 26.7 Å². The van der Waals surface area contributed by atoms with Gasteiger partial charge in [0.2, 0.25) is 5.91 Å². The van der Waals surface area contributed by atoms with Crippen LogP contribution in [0.25, 0.3) is 0 Å². The van der Waals surface area contributed by atoms with Crippen molar-refractivity contribution in [3.63, 3.8) is 0 Å². The second kappa shape index (κ2) is 6.09. The molecule has 92 valence electrons. The van der Waals surface area contributed by atoms with Gasteiger partial charge in [-0.2, -0.15) is 0 Å². The molecule has 1 saturated carbocycles. The number of hydrogen-bond donors (Lipinski definition) is 2. The topological polar surface area (TPSA) is 58.2 Å². The lowest BCUT2D eigenvalue weighted by Crippen LogP contribution is -2.49. The highest BCUT2D eigenvalue weighted by Gasteiger charge is 2.28. The fraction of sp³-hybridized carbons (Fsp3) is 0.818. The highest BCUT2D eigenvalue weighted by Crippen LogP contribution is 2.29. The summed E-state index contributed by atoms with van der Waals surface area (Å²) in [6.45, 7) is 4.33. The van der Waals surface area contributed by atoms with Gasteiger partial charge >= 0.3 is 6.03 Å². The molecule has 0 bridgehead atoms. The Balaban J connectivity index is 2.40. The fourth-order valence-corrected chi connectivity index (χ4v) is 2.22. The summed E-state index contributed by atoms with van der Waals surface area (Å²) in [6.07, 6.45) is 3.31. The van der Waals surface area contributed by atoms with Gasteiger partial charge in [0.15, 0.2) is 0 Å². The Kier molecular flexibility index (Phi) is 5.06. The maximum absolute atomic E-state index is 11.4. The summed E-state index contributed by atoms with van der Waals surface area (Å²) in [6, 6.07) is -0.275. The normalized spacial score (nSPS) is 29.6. The third-order valence-electron chi connectivity index (χ3n) is 3.40. The monoisotopic (exact) mass is 246 g/mol. The number of carbonyl (C=O) groups excluding carboxylic acids is 2. The molecule has 0 aliphatic heterocycles. The van der Waals surface area contributed by atoms with Crippen LogP contribution in [-0.2, 0) is 4.79 Å². The molecular formula is C11H19ClN2O2. The molecule has 1 aliphatic rings. The smallest absolute Gasteiger partial charge is 0.321 e. The molecule has 3 atom stereocenters. The van der Waals surface area contributed by atoms with E-state index in [9.17, 15) is 9.59 Å². The SMILES string of the molecule is C[C@@H]1[C@@H](C)CCC[C@H]1NC(=O)NC(=O)CCl. The number of rotatable bonds is 2. The number of alkyl halides is 1. The van der Waals surface area contributed by atoms with E-state index >= 15 is 0 Å². The van der Waals surface area contributed by atoms with Gasteiger partial charge < -0.3 is 5.32 Å². The van der Waals surface area contributed by atoms with Crippen molar-refractivity contribution in [3.05, 3.63) is 0 Å². The van der Waals surface area contributed by atoms with E-state index in [4.69, 9.17) is 11.6 Å². The number of carbonyl (C=O) groups is 2. The van der Waals surface area contributed by atoms with Crippen molar-refractivity contribution in [2.45, 2.75) is 39.2 Å². The van der Waals surface area contributed by atoms with Crippen LogP contribution in [0, 0.1) is 11.8 Å². The Morgan fingerprint density at radius 3 is 2.62 bits per heavy atom. The van der Waals surface area contributed by atoms with E-state index in [1.54, 1.807) is 0 Å². The first-order chi connectivity index (χ1) is 7.54. The highest BCUT2D eigenvalue weighted by molar-refractivity contribution is 6.28. The zero-order valence-corrected chi connectivity index (χ0v) is 10.5. The zero-order valence-electron chi connectivity index (χ0n) is 9.75. The molecule has 0 aromatic carbocycles. The number of nitrogens with one attached hydrogen (secondary N) is 2. The molecule has 0 unspecified atom stereocenters. The summed E-state index contributed by atoms with van der Waals surface area (Å²) < 4.78 is 0. The molecule has 1 rings (SSSR count). The summed E-state index contributed by atoms with van der Waals surface area (Å²) in [5.74, 6) is 0.411. The van der Waals surface area contributed by atoms with Crippen molar-refractivity contribution in [2.75, 3.05) is 5.88 Å². The quantitative estimate of drug-likeness (QED) is 0.731. The van der Waals surface area contributed by atoms with E-state index in [1.165, 1.54) is 6.42 Å². The van der Waals surface area contributed by atoms with Gasteiger partial charge in [-0.15, -0.1) is 11.6 Å². The Bertz CT molecular complexity index is 271. The van der Waals surface area contributed by atoms with Gasteiger partial charge in [-0.05, 0) is 18.3 Å². The van der Waals surface area contributed by atoms with Crippen LogP contribution in [0.3, 0.4) is 0 Å². The number of halogens is 1. The van der Waals surface area contributed by atoms with E-state index in [-0.39, 0.29) is 11.9 Å². The second-order valence-electron chi connectivity index (χ2n) is 4.53. The van der Waals surface area contributed by atoms with Crippen molar-refractivity contribution in [2.24, 2.45) is 11.8 Å². The van der Waals surface area contributed by atoms with Gasteiger partial charge in [0.1, 0.15) is 5.88 Å². The summed E-state index contributed by atoms with van der Waals surface area (Å²) in [4.78, 5) is 22.3. The molecule has 0 aromatic rings. The van der Waals surface area contributed by atoms with Crippen LogP contribution in [0.1, 0.15) is 33.1 Å². The Hall–Kier alpha value is -0.770. The maximum atomic E-state index is 11.4. The largest absolute Gasteiger partial charge is 0.335 e. The molecule has 0 spiro atoms. The minimum atomic E-state index is -0.462. The van der Waals surface area contributed by atoms with Gasteiger partial charge in [0.25, 0.3) is 0 Å². The van der Waals surface area contributed by atoms with Crippen LogP contribution >= 0.6 is 11.6 Å². The van der Waals surface area contributed by atoms with Crippen molar-refractivity contribution in [3.8, 4) is 0 Å². The molecule has 0 radical (unpaired) electrons. The van der Waals surface area contributed by atoms with Crippen LogP contribution in [-0.4, -0.2) is 23.9 Å². The van der Waals surface area contributed by atoms with Crippen molar-refractivity contribution < 1.29 is 9.59 Å². The number of urea groups is 1. The minimum absolute atomic E-state index is 0.159. The summed E-state index contributed by atoms with van der Waals surface area (Å²) >= 11 is 5.30. The molecule has 0 heterocycles. The van der Waals surface area contributed by atoms with E-state index in [1.807, 2.05) is 0 Å². The van der Waals surface area contributed by atoms with E-state index in [0.29, 0.717) is 11.8 Å². The number of imide groups is 1. The molecule has 3 amide bonds. The molecule has 0 aromatic heterocycles. The first kappa shape index (κ1) is 13.3. The van der Waals surface area contributed by atoms with Crippen molar-refractivity contribution in [1.82, 2.24) is 10.6 Å². The molecule has 1 aliphatic carbocycles. The van der Waals surface area contributed by atoms with Crippen LogP contribution in [0.2, 0.25) is 0 Å². The average Bonchev–Trinajstić information content (AvgIpc) is 2.24. The predicted octanol–water partition coefficient (Wildman–Crippen LogP) is 1.88. The van der Waals surface area contributed by atoms with Crippen molar-refractivity contribution >= 4 is 23.5 Å². The maximum Gasteiger partial charge on any atom is 0.321 e. The minimum Gasteiger partial charge on any atom is -0.335 e. The average molecular weight is 247 g/mol. The molecule has 2 N–H and O–H groups in total. The van der Waals surface area contributed by atoms with E-state index in [2.05, 4.69) is 24.5 Å². The molecule has 16 heavy (non-hydrogen) atoms. The predicted molar refractivity (Wildman–Crippen MR) is 63.4 cm³/mol. The molecular weight excluding hydrogens is 228 g/mol. The zero-order chi connectivity index (χ0) is 12.1. The molecule has 4 nitrogen and oxygen atoms in total. The third kappa shape index (κ3) is 3.67. The van der Waals surface area contributed by atoms with Crippen LogP contribution in [0.15, 0.2) is 0 Å². The first-order valence-corrected chi connectivity index (χ1v) is 6.24. The second-order valence-corrected chi connectivity index (χ2v) is 4.80. The van der Waals surface area contributed by atoms with Gasteiger partial charge in [-0.3, -0.25) is 10.1 Å². The van der Waals surface area contributed by atoms with Crippen molar-refractivity contribution in [1.29, 1.82) is 0 Å². The lowest BCUT2D eigenvalue weighted by molar-refractivity contribution is -0.117. The summed E-state index contributed by atoms with van der Waals surface area (Å²) in [5.41, 5.74) is 0. The van der Waals surface area contributed by atoms with E-state index in [0.717, 1.165) is 12.8 Å². The van der Waals surface area contributed by atoms with Gasteiger partial charge in [-0.25, -0.2) is 4.79 Å². The molecule has 0 saturated heterocycles. The Morgan fingerprint density at radius 2 is 2.00 bits per heavy atom. The van der Waals surface area contributed by atoms with Crippen LogP contribution in [0.5, 0.6) is 0 Å². The molecule has 1 fully saturated rings. The summed E-state index contributed by atoms with van der Waals surface area (Å²) in [7, 11) is 0. The lowest BCUT2D eigenvalue weighted by Gasteiger charge is -2.34. The van der Waals surface area contributed by atoms with E-state index < -0.39 is 11.9 Å². The standard InChI is InChI=1S/C11H19ClN2O2/c1-7-4-3-5-9(8(7)2)13-11(16)14-10(15)6-12/h7-9H,3-6H2,1-2H3,(H2,13,14,15,16)/t7-,8+,9+/m0/s1. The summed E-state index contributed by atoms with van der Waals surface area (Å²) in [5, 5.41) is 5.03. The number of amides is 3. The third-order valence-corrected chi connectivity index (χ3v) is 3.64. The van der Waals surface area contributed by atoms with Crippen LogP contribution < -0.4 is 10.6 Å². The highest BCUT2D eigenvalue weighted by atomic mass is 35.5. The Morgan fingerprint density at radius 1 is 1.31 bits per heavy atom. The Labute approximate surface area is 101 Å². The first-order valence-electron chi connectivity index (χ1n) is 5.71. The lowest BCUT2D eigenvalue weighted by atomic mass is 9.78. The molecule has 5 heteroatoms. The number of hydrogen-bond acceptors (Lipinski definition) is 2. The van der Waals surface area contributed by atoms with Gasteiger partial charge in [0, 0.05) is 6.04 Å². The van der Waals surface area contributed by atoms with Gasteiger partial charge in [0.05, 0.1) is 0 Å².